The summed E-state index contributed by atoms with van der Waals surface area (Å²) in [4.78, 5) is 0. The molecule has 0 aromatic heterocycles. The van der Waals surface area contributed by atoms with Crippen LogP contribution in [0.2, 0.25) is 18.1 Å². The molecule has 138 valence electrons. The molecule has 1 aromatic rings. The van der Waals surface area contributed by atoms with Crippen LogP contribution in [-0.2, 0) is 20.5 Å². The maximum absolute atomic E-state index is 6.50. The summed E-state index contributed by atoms with van der Waals surface area (Å²) >= 11 is 0. The smallest absolute Gasteiger partial charge is 0.192 e. The summed E-state index contributed by atoms with van der Waals surface area (Å²) in [6.45, 7) is 17.0. The SMILES string of the molecule is CO[C@H]([C@H](C)COCc1ccccc1)[C@@H](C)O[Si](C)(C)C(C)(C)C. The average molecular weight is 353 g/mol. The first-order valence-electron chi connectivity index (χ1n) is 8.90. The van der Waals surface area contributed by atoms with Gasteiger partial charge in [-0.2, -0.15) is 0 Å². The first-order valence-corrected chi connectivity index (χ1v) is 11.8. The highest BCUT2D eigenvalue weighted by Crippen LogP contribution is 2.38. The van der Waals surface area contributed by atoms with Gasteiger partial charge in [0.15, 0.2) is 8.32 Å². The number of ether oxygens (including phenoxy) is 2. The summed E-state index contributed by atoms with van der Waals surface area (Å²) in [7, 11) is -0.0299. The third-order valence-corrected chi connectivity index (χ3v) is 9.65. The van der Waals surface area contributed by atoms with Crippen LogP contribution in [0.15, 0.2) is 30.3 Å². The lowest BCUT2D eigenvalue weighted by atomic mass is 10.0. The van der Waals surface area contributed by atoms with E-state index in [9.17, 15) is 0 Å². The van der Waals surface area contributed by atoms with E-state index in [1.807, 2.05) is 18.2 Å². The lowest BCUT2D eigenvalue weighted by Gasteiger charge is -2.41. The Labute approximate surface area is 149 Å². The van der Waals surface area contributed by atoms with Gasteiger partial charge >= 0.3 is 0 Å². The molecule has 4 heteroatoms. The van der Waals surface area contributed by atoms with Gasteiger partial charge in [-0.05, 0) is 30.6 Å². The Hall–Kier alpha value is -0.683. The van der Waals surface area contributed by atoms with E-state index in [1.165, 1.54) is 5.56 Å². The molecule has 3 atom stereocenters. The minimum atomic E-state index is -1.80. The van der Waals surface area contributed by atoms with Crippen LogP contribution in [-0.4, -0.2) is 34.2 Å². The van der Waals surface area contributed by atoms with Crippen molar-refractivity contribution in [3.8, 4) is 0 Å². The Kier molecular flexibility index (Phi) is 8.13. The molecule has 0 bridgehead atoms. The van der Waals surface area contributed by atoms with Gasteiger partial charge in [0.25, 0.3) is 0 Å². The van der Waals surface area contributed by atoms with Crippen LogP contribution in [0.3, 0.4) is 0 Å². The molecule has 0 spiro atoms. The molecule has 0 aliphatic rings. The molecule has 0 amide bonds. The predicted octanol–water partition coefficient (Wildman–Crippen LogP) is 5.26. The van der Waals surface area contributed by atoms with Crippen LogP contribution in [0.1, 0.15) is 40.2 Å². The third-order valence-electron chi connectivity index (χ3n) is 5.07. The van der Waals surface area contributed by atoms with Crippen LogP contribution in [0.4, 0.5) is 0 Å². The van der Waals surface area contributed by atoms with Crippen molar-refractivity contribution in [3.63, 3.8) is 0 Å². The van der Waals surface area contributed by atoms with Crippen LogP contribution in [0.25, 0.3) is 0 Å². The molecule has 0 saturated heterocycles. The Bertz CT molecular complexity index is 468. The zero-order chi connectivity index (χ0) is 18.4. The largest absolute Gasteiger partial charge is 0.412 e. The molecule has 1 aromatic carbocycles. The number of rotatable bonds is 9. The Balaban J connectivity index is 2.54. The van der Waals surface area contributed by atoms with Crippen LogP contribution < -0.4 is 0 Å². The molecule has 0 heterocycles. The van der Waals surface area contributed by atoms with Gasteiger partial charge in [-0.15, -0.1) is 0 Å². The maximum atomic E-state index is 6.50. The van der Waals surface area contributed by atoms with Crippen LogP contribution >= 0.6 is 0 Å². The monoisotopic (exact) mass is 352 g/mol. The second-order valence-corrected chi connectivity index (χ2v) is 13.0. The van der Waals surface area contributed by atoms with Crippen molar-refractivity contribution in [1.29, 1.82) is 0 Å². The van der Waals surface area contributed by atoms with Gasteiger partial charge in [0, 0.05) is 13.0 Å². The van der Waals surface area contributed by atoms with Crippen molar-refractivity contribution in [2.24, 2.45) is 5.92 Å². The molecule has 0 aliphatic carbocycles. The molecule has 24 heavy (non-hydrogen) atoms. The van der Waals surface area contributed by atoms with Gasteiger partial charge in [-0.3, -0.25) is 0 Å². The molecule has 1 rings (SSSR count). The van der Waals surface area contributed by atoms with Crippen LogP contribution in [0, 0.1) is 5.92 Å². The number of benzene rings is 1. The molecule has 3 nitrogen and oxygen atoms in total. The van der Waals surface area contributed by atoms with Crippen molar-refractivity contribution in [2.75, 3.05) is 13.7 Å². The van der Waals surface area contributed by atoms with Crippen molar-refractivity contribution in [1.82, 2.24) is 0 Å². The predicted molar refractivity (Wildman–Crippen MR) is 104 cm³/mol. The average Bonchev–Trinajstić information content (AvgIpc) is 2.47. The lowest BCUT2D eigenvalue weighted by Crippen LogP contribution is -2.48. The standard InChI is InChI=1S/C20H36O3Si/c1-16(14-22-15-18-12-10-9-11-13-18)19(21-6)17(2)23-24(7,8)20(3,4)5/h9-13,16-17,19H,14-15H2,1-8H3/t16-,17-,19-/m1/s1. The second-order valence-electron chi connectivity index (χ2n) is 8.26. The molecule has 0 unspecified atom stereocenters. The van der Waals surface area contributed by atoms with Crippen molar-refractivity contribution in [2.45, 2.75) is 71.6 Å². The van der Waals surface area contributed by atoms with Gasteiger partial charge in [0.2, 0.25) is 0 Å². The fourth-order valence-electron chi connectivity index (χ4n) is 2.63. The Morgan fingerprint density at radius 3 is 2.12 bits per heavy atom. The zero-order valence-electron chi connectivity index (χ0n) is 16.8. The second kappa shape index (κ2) is 9.14. The minimum Gasteiger partial charge on any atom is -0.412 e. The van der Waals surface area contributed by atoms with E-state index >= 15 is 0 Å². The Morgan fingerprint density at radius 1 is 1.04 bits per heavy atom. The molecule has 0 saturated carbocycles. The highest BCUT2D eigenvalue weighted by molar-refractivity contribution is 6.74. The molecular weight excluding hydrogens is 316 g/mol. The summed E-state index contributed by atoms with van der Waals surface area (Å²) in [5.41, 5.74) is 1.20. The molecular formula is C20H36O3Si. The summed E-state index contributed by atoms with van der Waals surface area (Å²) in [5.74, 6) is 0.276. The van der Waals surface area contributed by atoms with E-state index in [1.54, 1.807) is 7.11 Å². The number of methoxy groups -OCH3 is 1. The first kappa shape index (κ1) is 21.4. The van der Waals surface area contributed by atoms with E-state index in [-0.39, 0.29) is 23.2 Å². The van der Waals surface area contributed by atoms with Crippen molar-refractivity contribution >= 4 is 8.32 Å². The summed E-state index contributed by atoms with van der Waals surface area (Å²) < 4.78 is 18.1. The van der Waals surface area contributed by atoms with E-state index in [0.717, 1.165) is 0 Å². The maximum Gasteiger partial charge on any atom is 0.192 e. The Morgan fingerprint density at radius 2 is 1.62 bits per heavy atom. The third kappa shape index (κ3) is 6.32. The van der Waals surface area contributed by atoms with Gasteiger partial charge in [-0.25, -0.2) is 0 Å². The van der Waals surface area contributed by atoms with Crippen molar-refractivity contribution in [3.05, 3.63) is 35.9 Å². The number of hydrogen-bond donors (Lipinski definition) is 0. The first-order chi connectivity index (χ1) is 11.1. The molecule has 0 fully saturated rings. The number of hydrogen-bond acceptors (Lipinski definition) is 3. The normalized spacial score (nSPS) is 16.7. The molecule has 0 radical (unpaired) electrons. The fraction of sp³-hybridized carbons (Fsp3) is 0.700. The molecule has 0 N–H and O–H groups in total. The van der Waals surface area contributed by atoms with Gasteiger partial charge in [0.05, 0.1) is 25.4 Å². The van der Waals surface area contributed by atoms with E-state index in [4.69, 9.17) is 13.9 Å². The lowest BCUT2D eigenvalue weighted by molar-refractivity contribution is -0.0527. The van der Waals surface area contributed by atoms with E-state index < -0.39 is 8.32 Å². The van der Waals surface area contributed by atoms with Gasteiger partial charge in [0.1, 0.15) is 0 Å². The van der Waals surface area contributed by atoms with Crippen LogP contribution in [0.5, 0.6) is 0 Å². The van der Waals surface area contributed by atoms with Gasteiger partial charge < -0.3 is 13.9 Å². The van der Waals surface area contributed by atoms with E-state index in [0.29, 0.717) is 13.2 Å². The van der Waals surface area contributed by atoms with Crippen molar-refractivity contribution < 1.29 is 13.9 Å². The highest BCUT2D eigenvalue weighted by Gasteiger charge is 2.40. The minimum absolute atomic E-state index is 0.0369. The summed E-state index contributed by atoms with van der Waals surface area (Å²) in [6.07, 6.45) is 0.0983. The molecule has 0 aliphatic heterocycles. The summed E-state index contributed by atoms with van der Waals surface area (Å²) in [6, 6.07) is 10.3. The fourth-order valence-corrected chi connectivity index (χ4v) is 4.04. The summed E-state index contributed by atoms with van der Waals surface area (Å²) in [5, 5.41) is 0.201. The highest BCUT2D eigenvalue weighted by atomic mass is 28.4. The van der Waals surface area contributed by atoms with E-state index in [2.05, 4.69) is 59.8 Å². The topological polar surface area (TPSA) is 27.7 Å². The quantitative estimate of drug-likeness (QED) is 0.567. The zero-order valence-corrected chi connectivity index (χ0v) is 17.8. The van der Waals surface area contributed by atoms with Gasteiger partial charge in [-0.1, -0.05) is 58.0 Å².